The minimum absolute atomic E-state index is 0.272. The number of rotatable bonds is 7. The Balaban J connectivity index is 1.93. The Kier molecular flexibility index (Phi) is 6.09. The molecule has 0 bridgehead atoms. The molecule has 2 N–H and O–H groups in total. The molecule has 0 saturated heterocycles. The second-order valence-corrected chi connectivity index (χ2v) is 5.61. The molecule has 0 fully saturated rings. The van der Waals surface area contributed by atoms with Gasteiger partial charge < -0.3 is 15.2 Å². The van der Waals surface area contributed by atoms with Crippen LogP contribution in [0, 0.1) is 0 Å². The topological polar surface area (TPSA) is 75.6 Å². The molecule has 0 spiro atoms. The number of hydrogen-bond donors (Lipinski definition) is 2. The van der Waals surface area contributed by atoms with Gasteiger partial charge in [-0.1, -0.05) is 42.5 Å². The lowest BCUT2D eigenvalue weighted by molar-refractivity contribution is -0.138. The number of carboxylic acid groups (broad SMARTS) is 1. The summed E-state index contributed by atoms with van der Waals surface area (Å²) in [7, 11) is 0. The van der Waals surface area contributed by atoms with Crippen LogP contribution in [0.15, 0.2) is 54.6 Å². The van der Waals surface area contributed by atoms with Crippen LogP contribution in [-0.2, 0) is 20.9 Å². The summed E-state index contributed by atoms with van der Waals surface area (Å²) in [6.45, 7) is 3.64. The Morgan fingerprint density at radius 1 is 1.08 bits per heavy atom. The van der Waals surface area contributed by atoms with E-state index in [1.807, 2.05) is 30.3 Å². The van der Waals surface area contributed by atoms with Gasteiger partial charge >= 0.3 is 5.97 Å². The van der Waals surface area contributed by atoms with Crippen LogP contribution in [0.2, 0.25) is 0 Å². The van der Waals surface area contributed by atoms with Crippen LogP contribution in [0.5, 0.6) is 0 Å². The molecule has 0 radical (unpaired) electrons. The molecule has 0 aliphatic rings. The third-order valence-corrected chi connectivity index (χ3v) is 3.74. The minimum Gasteiger partial charge on any atom is -0.481 e. The third-order valence-electron chi connectivity index (χ3n) is 3.74. The Bertz CT molecular complexity index is 700. The van der Waals surface area contributed by atoms with Crippen molar-refractivity contribution in [3.8, 4) is 0 Å². The Morgan fingerprint density at radius 2 is 1.79 bits per heavy atom. The Hall–Kier alpha value is -2.66. The summed E-state index contributed by atoms with van der Waals surface area (Å²) < 4.78 is 5.57. The summed E-state index contributed by atoms with van der Waals surface area (Å²) in [5.41, 5.74) is 2.19. The number of carboxylic acids is 1. The van der Waals surface area contributed by atoms with Crippen LogP contribution in [-0.4, -0.2) is 23.1 Å². The highest BCUT2D eigenvalue weighted by Gasteiger charge is 2.16. The van der Waals surface area contributed by atoms with E-state index in [2.05, 4.69) is 5.32 Å². The van der Waals surface area contributed by atoms with E-state index in [-0.39, 0.29) is 5.91 Å². The zero-order valence-electron chi connectivity index (χ0n) is 13.7. The standard InChI is InChI=1S/C19H21NO4/c1-13(19(22)23)16-9-6-10-17(11-16)20-18(21)14(2)24-12-15-7-4-3-5-8-15/h3-11,13-14H,12H2,1-2H3,(H,20,21)(H,22,23). The van der Waals surface area contributed by atoms with Crippen molar-refractivity contribution in [1.82, 2.24) is 0 Å². The zero-order valence-corrected chi connectivity index (χ0v) is 13.7. The van der Waals surface area contributed by atoms with Crippen molar-refractivity contribution in [3.63, 3.8) is 0 Å². The molecule has 24 heavy (non-hydrogen) atoms. The number of carbonyl (C=O) groups is 2. The molecule has 0 aromatic heterocycles. The first-order chi connectivity index (χ1) is 11.5. The van der Waals surface area contributed by atoms with Gasteiger partial charge in [0.15, 0.2) is 0 Å². The Labute approximate surface area is 141 Å². The number of ether oxygens (including phenoxy) is 1. The fourth-order valence-electron chi connectivity index (χ4n) is 2.14. The predicted octanol–water partition coefficient (Wildman–Crippen LogP) is 3.42. The smallest absolute Gasteiger partial charge is 0.310 e. The van der Waals surface area contributed by atoms with Gasteiger partial charge in [0.2, 0.25) is 0 Å². The van der Waals surface area contributed by atoms with Crippen molar-refractivity contribution < 1.29 is 19.4 Å². The largest absolute Gasteiger partial charge is 0.481 e. The molecule has 2 unspecified atom stereocenters. The molecule has 0 saturated carbocycles. The first-order valence-corrected chi connectivity index (χ1v) is 7.76. The molecule has 2 aromatic carbocycles. The molecule has 1 amide bonds. The van der Waals surface area contributed by atoms with Crippen molar-refractivity contribution in [2.75, 3.05) is 5.32 Å². The second kappa shape index (κ2) is 8.26. The number of amides is 1. The summed E-state index contributed by atoms with van der Waals surface area (Å²) >= 11 is 0. The lowest BCUT2D eigenvalue weighted by Gasteiger charge is -2.14. The molecule has 5 heteroatoms. The van der Waals surface area contributed by atoms with E-state index in [1.165, 1.54) is 0 Å². The van der Waals surface area contributed by atoms with Crippen molar-refractivity contribution >= 4 is 17.6 Å². The molecule has 5 nitrogen and oxygen atoms in total. The molecule has 0 heterocycles. The fraction of sp³-hybridized carbons (Fsp3) is 0.263. The number of benzene rings is 2. The molecular weight excluding hydrogens is 306 g/mol. The highest BCUT2D eigenvalue weighted by molar-refractivity contribution is 5.94. The van der Waals surface area contributed by atoms with Crippen molar-refractivity contribution in [2.45, 2.75) is 32.5 Å². The molecule has 2 atom stereocenters. The number of aliphatic carboxylic acids is 1. The van der Waals surface area contributed by atoms with Crippen LogP contribution >= 0.6 is 0 Å². The van der Waals surface area contributed by atoms with E-state index in [9.17, 15) is 9.59 Å². The molecule has 2 rings (SSSR count). The van der Waals surface area contributed by atoms with Crippen molar-refractivity contribution in [1.29, 1.82) is 0 Å². The van der Waals surface area contributed by atoms with Gasteiger partial charge in [-0.2, -0.15) is 0 Å². The molecular formula is C19H21NO4. The third kappa shape index (κ3) is 4.93. The normalized spacial score (nSPS) is 13.1. The van der Waals surface area contributed by atoms with E-state index >= 15 is 0 Å². The number of anilines is 1. The fourth-order valence-corrected chi connectivity index (χ4v) is 2.14. The number of hydrogen-bond acceptors (Lipinski definition) is 3. The van der Waals surface area contributed by atoms with Gasteiger partial charge in [0, 0.05) is 5.69 Å². The maximum absolute atomic E-state index is 12.2. The van der Waals surface area contributed by atoms with Crippen LogP contribution in [0.1, 0.15) is 30.9 Å². The maximum atomic E-state index is 12.2. The number of carbonyl (C=O) groups excluding carboxylic acids is 1. The lowest BCUT2D eigenvalue weighted by atomic mass is 10.0. The summed E-state index contributed by atoms with van der Waals surface area (Å²) in [4.78, 5) is 23.3. The quantitative estimate of drug-likeness (QED) is 0.817. The summed E-state index contributed by atoms with van der Waals surface area (Å²) in [5, 5.41) is 11.8. The highest BCUT2D eigenvalue weighted by atomic mass is 16.5. The van der Waals surface area contributed by atoms with Gasteiger partial charge in [-0.25, -0.2) is 0 Å². The first kappa shape index (κ1) is 17.7. The average molecular weight is 327 g/mol. The van der Waals surface area contributed by atoms with Gasteiger partial charge in [0.25, 0.3) is 5.91 Å². The van der Waals surface area contributed by atoms with Gasteiger partial charge in [-0.05, 0) is 37.1 Å². The highest BCUT2D eigenvalue weighted by Crippen LogP contribution is 2.19. The van der Waals surface area contributed by atoms with Crippen LogP contribution < -0.4 is 5.32 Å². The van der Waals surface area contributed by atoms with Gasteiger partial charge in [-0.3, -0.25) is 9.59 Å². The van der Waals surface area contributed by atoms with Gasteiger partial charge in [0.05, 0.1) is 12.5 Å². The van der Waals surface area contributed by atoms with E-state index in [0.717, 1.165) is 5.56 Å². The molecule has 2 aromatic rings. The maximum Gasteiger partial charge on any atom is 0.310 e. The monoisotopic (exact) mass is 327 g/mol. The lowest BCUT2D eigenvalue weighted by Crippen LogP contribution is -2.27. The summed E-state index contributed by atoms with van der Waals surface area (Å²) in [6.07, 6.45) is -0.620. The van der Waals surface area contributed by atoms with Crippen molar-refractivity contribution in [2.24, 2.45) is 0 Å². The van der Waals surface area contributed by atoms with Gasteiger partial charge in [-0.15, -0.1) is 0 Å². The van der Waals surface area contributed by atoms with Crippen LogP contribution in [0.3, 0.4) is 0 Å². The Morgan fingerprint density at radius 3 is 2.46 bits per heavy atom. The van der Waals surface area contributed by atoms with Crippen molar-refractivity contribution in [3.05, 3.63) is 65.7 Å². The van der Waals surface area contributed by atoms with E-state index in [1.54, 1.807) is 38.1 Å². The summed E-state index contributed by atoms with van der Waals surface area (Å²) in [5.74, 6) is -1.81. The first-order valence-electron chi connectivity index (χ1n) is 7.76. The minimum atomic E-state index is -0.905. The van der Waals surface area contributed by atoms with E-state index in [0.29, 0.717) is 17.9 Å². The molecule has 0 aliphatic carbocycles. The average Bonchev–Trinajstić information content (AvgIpc) is 2.60. The molecule has 126 valence electrons. The zero-order chi connectivity index (χ0) is 17.5. The van der Waals surface area contributed by atoms with E-state index < -0.39 is 18.0 Å². The predicted molar refractivity (Wildman–Crippen MR) is 91.8 cm³/mol. The van der Waals surface area contributed by atoms with E-state index in [4.69, 9.17) is 9.84 Å². The molecule has 0 aliphatic heterocycles. The summed E-state index contributed by atoms with van der Waals surface area (Å²) in [6, 6.07) is 16.5. The van der Waals surface area contributed by atoms with Crippen LogP contribution in [0.4, 0.5) is 5.69 Å². The second-order valence-electron chi connectivity index (χ2n) is 5.61. The SMILES string of the molecule is CC(OCc1ccccc1)C(=O)Nc1cccc(C(C)C(=O)O)c1. The number of nitrogens with one attached hydrogen (secondary N) is 1. The van der Waals surface area contributed by atoms with Gasteiger partial charge in [0.1, 0.15) is 6.10 Å². The van der Waals surface area contributed by atoms with Crippen LogP contribution in [0.25, 0.3) is 0 Å².